The molecule has 1 heterocycles. The van der Waals surface area contributed by atoms with Crippen LogP contribution in [0.2, 0.25) is 0 Å². The Hall–Kier alpha value is -2.33. The first kappa shape index (κ1) is 21.4. The van der Waals surface area contributed by atoms with E-state index in [1.807, 2.05) is 30.3 Å². The van der Waals surface area contributed by atoms with Gasteiger partial charge < -0.3 is 10.1 Å². The highest BCUT2D eigenvalue weighted by Gasteiger charge is 2.18. The average Bonchev–Trinajstić information content (AvgIpc) is 2.72. The zero-order chi connectivity index (χ0) is 20.7. The van der Waals surface area contributed by atoms with Crippen molar-refractivity contribution in [2.24, 2.45) is 0 Å². The molecule has 2 aromatic carbocycles. The first-order valence-electron chi connectivity index (χ1n) is 10.8. The lowest BCUT2D eigenvalue weighted by atomic mass is 9.86. The lowest BCUT2D eigenvalue weighted by Gasteiger charge is -2.26. The minimum Gasteiger partial charge on any atom is -0.491 e. The molecule has 0 atom stereocenters. The van der Waals surface area contributed by atoms with Gasteiger partial charge in [0.2, 0.25) is 0 Å². The van der Waals surface area contributed by atoms with Crippen LogP contribution in [-0.4, -0.2) is 37.0 Å². The summed E-state index contributed by atoms with van der Waals surface area (Å²) in [6, 6.07) is 16.1. The summed E-state index contributed by atoms with van der Waals surface area (Å²) in [5.41, 5.74) is 3.17. The fourth-order valence-electron chi connectivity index (χ4n) is 3.78. The normalized spacial score (nSPS) is 15.1. The highest BCUT2D eigenvalue weighted by atomic mass is 16.5. The van der Waals surface area contributed by atoms with Gasteiger partial charge in [0, 0.05) is 12.1 Å². The number of nitrogens with zero attached hydrogens (tertiary/aromatic N) is 1. The number of benzene rings is 2. The third kappa shape index (κ3) is 6.33. The SMILES string of the molecule is CC(C)(C)c1ccccc1OCCNC(=O)c1ccc(CN2CCCCC2)cc1. The minimum absolute atomic E-state index is 0.0236. The Bertz CT molecular complexity index is 787. The standard InChI is InChI=1S/C25H34N2O2/c1-25(2,3)22-9-5-6-10-23(22)29-18-15-26-24(28)21-13-11-20(12-14-21)19-27-16-7-4-8-17-27/h5-6,9-14H,4,7-8,15-19H2,1-3H3,(H,26,28). The molecule has 0 bridgehead atoms. The van der Waals surface area contributed by atoms with Crippen molar-refractivity contribution in [1.82, 2.24) is 10.2 Å². The largest absolute Gasteiger partial charge is 0.491 e. The molecule has 1 saturated heterocycles. The number of nitrogens with one attached hydrogen (secondary N) is 1. The Balaban J connectivity index is 1.45. The van der Waals surface area contributed by atoms with E-state index in [-0.39, 0.29) is 11.3 Å². The van der Waals surface area contributed by atoms with Crippen molar-refractivity contribution in [2.45, 2.75) is 52.0 Å². The van der Waals surface area contributed by atoms with E-state index in [0.717, 1.165) is 12.3 Å². The van der Waals surface area contributed by atoms with E-state index in [9.17, 15) is 4.79 Å². The lowest BCUT2D eigenvalue weighted by Crippen LogP contribution is -2.29. The molecule has 0 radical (unpaired) electrons. The summed E-state index contributed by atoms with van der Waals surface area (Å²) < 4.78 is 5.93. The van der Waals surface area contributed by atoms with E-state index in [1.54, 1.807) is 0 Å². The van der Waals surface area contributed by atoms with Gasteiger partial charge in [0.15, 0.2) is 0 Å². The molecule has 1 N–H and O–H groups in total. The van der Waals surface area contributed by atoms with Gasteiger partial charge in [-0.15, -0.1) is 0 Å². The van der Waals surface area contributed by atoms with Crippen molar-refractivity contribution >= 4 is 5.91 Å². The van der Waals surface area contributed by atoms with Gasteiger partial charge in [-0.05, 0) is 60.7 Å². The number of hydrogen-bond acceptors (Lipinski definition) is 3. The summed E-state index contributed by atoms with van der Waals surface area (Å²) in [6.45, 7) is 10.8. The second kappa shape index (κ2) is 9.93. The molecule has 1 amide bonds. The van der Waals surface area contributed by atoms with Crippen LogP contribution in [0.25, 0.3) is 0 Å². The fourth-order valence-corrected chi connectivity index (χ4v) is 3.78. The molecule has 3 rings (SSSR count). The highest BCUT2D eigenvalue weighted by molar-refractivity contribution is 5.94. The van der Waals surface area contributed by atoms with Gasteiger partial charge in [-0.1, -0.05) is 57.5 Å². The monoisotopic (exact) mass is 394 g/mol. The van der Waals surface area contributed by atoms with Crippen LogP contribution in [0, 0.1) is 0 Å². The summed E-state index contributed by atoms with van der Waals surface area (Å²) in [5, 5.41) is 2.95. The maximum atomic E-state index is 12.4. The number of likely N-dealkylation sites (tertiary alicyclic amines) is 1. The van der Waals surface area contributed by atoms with Crippen LogP contribution in [0.1, 0.15) is 61.5 Å². The van der Waals surface area contributed by atoms with Crippen molar-refractivity contribution < 1.29 is 9.53 Å². The molecule has 156 valence electrons. The van der Waals surface area contributed by atoms with Crippen LogP contribution >= 0.6 is 0 Å². The first-order valence-corrected chi connectivity index (χ1v) is 10.8. The van der Waals surface area contributed by atoms with E-state index >= 15 is 0 Å². The number of ether oxygens (including phenoxy) is 1. The molecule has 0 spiro atoms. The van der Waals surface area contributed by atoms with Crippen LogP contribution < -0.4 is 10.1 Å². The Labute approximate surface area is 175 Å². The Kier molecular flexibility index (Phi) is 7.32. The summed E-state index contributed by atoms with van der Waals surface area (Å²) >= 11 is 0. The van der Waals surface area contributed by atoms with E-state index in [4.69, 9.17) is 4.74 Å². The van der Waals surface area contributed by atoms with Crippen molar-refractivity contribution in [3.05, 3.63) is 65.2 Å². The molecule has 2 aromatic rings. The van der Waals surface area contributed by atoms with E-state index < -0.39 is 0 Å². The van der Waals surface area contributed by atoms with Crippen molar-refractivity contribution in [3.8, 4) is 5.75 Å². The topological polar surface area (TPSA) is 41.6 Å². The summed E-state index contributed by atoms with van der Waals surface area (Å²) in [6.07, 6.45) is 3.94. The van der Waals surface area contributed by atoms with E-state index in [1.165, 1.54) is 43.5 Å². The summed E-state index contributed by atoms with van der Waals surface area (Å²) in [4.78, 5) is 14.9. The number of para-hydroxylation sites is 1. The van der Waals surface area contributed by atoms with Crippen molar-refractivity contribution in [3.63, 3.8) is 0 Å². The molecule has 29 heavy (non-hydrogen) atoms. The van der Waals surface area contributed by atoms with E-state index in [2.05, 4.69) is 49.2 Å². The highest BCUT2D eigenvalue weighted by Crippen LogP contribution is 2.30. The van der Waals surface area contributed by atoms with Gasteiger partial charge in [0.05, 0.1) is 6.54 Å². The molecule has 1 aliphatic heterocycles. The van der Waals surface area contributed by atoms with Crippen LogP contribution in [0.3, 0.4) is 0 Å². The molecule has 0 aromatic heterocycles. The maximum absolute atomic E-state index is 12.4. The third-order valence-corrected chi connectivity index (χ3v) is 5.41. The molecule has 0 unspecified atom stereocenters. The van der Waals surface area contributed by atoms with E-state index in [0.29, 0.717) is 18.7 Å². The Morgan fingerprint density at radius 2 is 1.69 bits per heavy atom. The predicted octanol–water partition coefficient (Wildman–Crippen LogP) is 4.78. The predicted molar refractivity (Wildman–Crippen MR) is 119 cm³/mol. The number of piperidine rings is 1. The van der Waals surface area contributed by atoms with Gasteiger partial charge in [0.1, 0.15) is 12.4 Å². The Morgan fingerprint density at radius 3 is 2.38 bits per heavy atom. The third-order valence-electron chi connectivity index (χ3n) is 5.41. The zero-order valence-electron chi connectivity index (χ0n) is 18.0. The molecule has 1 aliphatic rings. The number of carbonyl (C=O) groups excluding carboxylic acids is 1. The second-order valence-electron chi connectivity index (χ2n) is 8.88. The van der Waals surface area contributed by atoms with Gasteiger partial charge >= 0.3 is 0 Å². The molecular formula is C25H34N2O2. The summed E-state index contributed by atoms with van der Waals surface area (Å²) in [5.74, 6) is 0.832. The second-order valence-corrected chi connectivity index (χ2v) is 8.88. The van der Waals surface area contributed by atoms with Crippen LogP contribution in [0.15, 0.2) is 48.5 Å². The lowest BCUT2D eigenvalue weighted by molar-refractivity contribution is 0.0946. The molecule has 0 aliphatic carbocycles. The van der Waals surface area contributed by atoms with Gasteiger partial charge in [-0.2, -0.15) is 0 Å². The van der Waals surface area contributed by atoms with Crippen molar-refractivity contribution in [2.75, 3.05) is 26.2 Å². The molecule has 0 saturated carbocycles. The summed E-state index contributed by atoms with van der Waals surface area (Å²) in [7, 11) is 0. The van der Waals surface area contributed by atoms with Gasteiger partial charge in [0.25, 0.3) is 5.91 Å². The molecule has 4 heteroatoms. The minimum atomic E-state index is -0.0535. The molecule has 4 nitrogen and oxygen atoms in total. The van der Waals surface area contributed by atoms with Crippen LogP contribution in [-0.2, 0) is 12.0 Å². The van der Waals surface area contributed by atoms with Crippen LogP contribution in [0.5, 0.6) is 5.75 Å². The number of amides is 1. The maximum Gasteiger partial charge on any atom is 0.251 e. The Morgan fingerprint density at radius 1 is 1.00 bits per heavy atom. The number of carbonyl (C=O) groups is 1. The van der Waals surface area contributed by atoms with Gasteiger partial charge in [-0.3, -0.25) is 9.69 Å². The molecule has 1 fully saturated rings. The quantitative estimate of drug-likeness (QED) is 0.687. The smallest absolute Gasteiger partial charge is 0.251 e. The van der Waals surface area contributed by atoms with Gasteiger partial charge in [-0.25, -0.2) is 0 Å². The van der Waals surface area contributed by atoms with Crippen LogP contribution in [0.4, 0.5) is 0 Å². The number of hydrogen-bond donors (Lipinski definition) is 1. The number of rotatable bonds is 7. The average molecular weight is 395 g/mol. The zero-order valence-corrected chi connectivity index (χ0v) is 18.0. The first-order chi connectivity index (χ1) is 13.9. The fraction of sp³-hybridized carbons (Fsp3) is 0.480. The van der Waals surface area contributed by atoms with Crippen molar-refractivity contribution in [1.29, 1.82) is 0 Å². The molecular weight excluding hydrogens is 360 g/mol.